The van der Waals surface area contributed by atoms with Crippen molar-refractivity contribution in [3.05, 3.63) is 41.3 Å². The molecule has 1 fully saturated rings. The topological polar surface area (TPSA) is 73.7 Å². The number of pyridine rings is 2. The number of aromatic nitrogens is 2. The van der Waals surface area contributed by atoms with E-state index in [0.717, 1.165) is 41.8 Å². The molecule has 1 aliphatic rings. The van der Waals surface area contributed by atoms with Crippen molar-refractivity contribution in [3.8, 4) is 0 Å². The molecule has 3 heterocycles. The van der Waals surface area contributed by atoms with Crippen LogP contribution in [0.1, 0.15) is 18.4 Å². The van der Waals surface area contributed by atoms with E-state index >= 15 is 0 Å². The maximum absolute atomic E-state index is 7.65. The second-order valence-corrected chi connectivity index (χ2v) is 6.13. The summed E-state index contributed by atoms with van der Waals surface area (Å²) in [5.74, 6) is 0.690. The van der Waals surface area contributed by atoms with Crippen LogP contribution >= 0.6 is 11.6 Å². The van der Waals surface area contributed by atoms with Crippen molar-refractivity contribution in [2.24, 2.45) is 5.92 Å². The molecular formula is C17H20ClN5. The largest absolute Gasteiger partial charge is 0.390 e. The number of rotatable bonds is 5. The van der Waals surface area contributed by atoms with Gasteiger partial charge in [-0.3, -0.25) is 4.98 Å². The Balaban J connectivity index is 1.74. The minimum Gasteiger partial charge on any atom is -0.390 e. The third-order valence-electron chi connectivity index (χ3n) is 4.12. The van der Waals surface area contributed by atoms with Crippen molar-refractivity contribution in [3.63, 3.8) is 0 Å². The predicted octanol–water partition coefficient (Wildman–Crippen LogP) is 2.86. The van der Waals surface area contributed by atoms with Gasteiger partial charge in [0.15, 0.2) is 0 Å². The number of piperidine rings is 1. The Hall–Kier alpha value is -1.98. The molecule has 5 nitrogen and oxygen atoms in total. The molecule has 6 heteroatoms. The van der Waals surface area contributed by atoms with E-state index in [9.17, 15) is 0 Å². The molecule has 23 heavy (non-hydrogen) atoms. The van der Waals surface area contributed by atoms with Crippen molar-refractivity contribution in [1.29, 1.82) is 5.41 Å². The van der Waals surface area contributed by atoms with Gasteiger partial charge in [-0.1, -0.05) is 11.6 Å². The molecule has 0 bridgehead atoms. The Morgan fingerprint density at radius 3 is 2.96 bits per heavy atom. The Morgan fingerprint density at radius 1 is 1.35 bits per heavy atom. The molecule has 0 amide bonds. The van der Waals surface area contributed by atoms with Gasteiger partial charge in [-0.15, -0.1) is 0 Å². The third-order valence-corrected chi connectivity index (χ3v) is 4.33. The number of nitrogens with one attached hydrogen (secondary N) is 3. The van der Waals surface area contributed by atoms with Crippen molar-refractivity contribution in [2.75, 3.05) is 19.6 Å². The molecule has 0 aromatic carbocycles. The number of nitrogens with zero attached hydrogens (tertiary/aromatic N) is 2. The standard InChI is InChI=1S/C17H20ClN5/c18-17-2-1-15-16(23-17)7-13(11-22-15)14(8-19)10-21-9-12-3-5-20-6-4-12/h1-2,7-8,10-12,19-21H,3-6,9H2/b14-10+,19-8?. The van der Waals surface area contributed by atoms with E-state index in [1.807, 2.05) is 18.3 Å². The van der Waals surface area contributed by atoms with Gasteiger partial charge < -0.3 is 16.0 Å². The molecule has 120 valence electrons. The highest BCUT2D eigenvalue weighted by atomic mass is 35.5. The van der Waals surface area contributed by atoms with E-state index < -0.39 is 0 Å². The van der Waals surface area contributed by atoms with Crippen LogP contribution in [0, 0.1) is 11.3 Å². The Labute approximate surface area is 140 Å². The number of hydrogen-bond acceptors (Lipinski definition) is 5. The summed E-state index contributed by atoms with van der Waals surface area (Å²) in [4.78, 5) is 8.67. The van der Waals surface area contributed by atoms with Gasteiger partial charge in [0.05, 0.1) is 11.0 Å². The molecule has 2 aromatic rings. The van der Waals surface area contributed by atoms with Crippen LogP contribution < -0.4 is 10.6 Å². The van der Waals surface area contributed by atoms with E-state index in [-0.39, 0.29) is 0 Å². The van der Waals surface area contributed by atoms with Crippen LogP contribution in [0.2, 0.25) is 5.15 Å². The zero-order valence-electron chi connectivity index (χ0n) is 12.8. The van der Waals surface area contributed by atoms with Gasteiger partial charge in [0.25, 0.3) is 0 Å². The zero-order valence-corrected chi connectivity index (χ0v) is 13.6. The first kappa shape index (κ1) is 15.9. The molecule has 0 spiro atoms. The van der Waals surface area contributed by atoms with Crippen LogP contribution in [0.15, 0.2) is 30.6 Å². The highest BCUT2D eigenvalue weighted by Gasteiger charge is 2.11. The smallest absolute Gasteiger partial charge is 0.129 e. The summed E-state index contributed by atoms with van der Waals surface area (Å²) in [5.41, 5.74) is 3.18. The van der Waals surface area contributed by atoms with Gasteiger partial charge in [0.1, 0.15) is 5.15 Å². The van der Waals surface area contributed by atoms with Crippen molar-refractivity contribution in [1.82, 2.24) is 20.6 Å². The monoisotopic (exact) mass is 329 g/mol. The molecule has 1 aliphatic heterocycles. The average Bonchev–Trinajstić information content (AvgIpc) is 2.59. The normalized spacial score (nSPS) is 16.5. The molecule has 0 saturated carbocycles. The SMILES string of the molecule is N=C/C(=C\NCC1CCNCC1)c1cnc2ccc(Cl)nc2c1. The molecule has 0 unspecified atom stereocenters. The van der Waals surface area contributed by atoms with Gasteiger partial charge in [0, 0.05) is 36.3 Å². The first-order chi connectivity index (χ1) is 11.3. The van der Waals surface area contributed by atoms with E-state index in [1.54, 1.807) is 12.3 Å². The zero-order chi connectivity index (χ0) is 16.1. The van der Waals surface area contributed by atoms with E-state index in [4.69, 9.17) is 17.0 Å². The molecule has 3 rings (SSSR count). The van der Waals surface area contributed by atoms with Crippen LogP contribution in [-0.4, -0.2) is 35.8 Å². The third kappa shape index (κ3) is 4.06. The fourth-order valence-electron chi connectivity index (χ4n) is 2.77. The summed E-state index contributed by atoms with van der Waals surface area (Å²) >= 11 is 5.94. The van der Waals surface area contributed by atoms with Crippen molar-refractivity contribution < 1.29 is 0 Å². The molecule has 2 aromatic heterocycles. The molecule has 3 N–H and O–H groups in total. The van der Waals surface area contributed by atoms with Crippen LogP contribution in [-0.2, 0) is 0 Å². The van der Waals surface area contributed by atoms with Gasteiger partial charge >= 0.3 is 0 Å². The minimum atomic E-state index is 0.445. The molecule has 0 aliphatic carbocycles. The lowest BCUT2D eigenvalue weighted by molar-refractivity contribution is 0.369. The van der Waals surface area contributed by atoms with Crippen LogP contribution in [0.4, 0.5) is 0 Å². The Morgan fingerprint density at radius 2 is 2.17 bits per heavy atom. The van der Waals surface area contributed by atoms with Crippen molar-refractivity contribution >= 4 is 34.4 Å². The molecular weight excluding hydrogens is 310 g/mol. The lowest BCUT2D eigenvalue weighted by Crippen LogP contribution is -2.32. The lowest BCUT2D eigenvalue weighted by atomic mass is 9.98. The summed E-state index contributed by atoms with van der Waals surface area (Å²) in [7, 11) is 0. The van der Waals surface area contributed by atoms with Gasteiger partial charge in [-0.05, 0) is 50.0 Å². The Bertz CT molecular complexity index is 722. The van der Waals surface area contributed by atoms with Crippen LogP contribution in [0.25, 0.3) is 16.6 Å². The average molecular weight is 330 g/mol. The second kappa shape index (κ2) is 7.53. The van der Waals surface area contributed by atoms with Crippen LogP contribution in [0.5, 0.6) is 0 Å². The first-order valence-corrected chi connectivity index (χ1v) is 8.21. The molecule has 0 atom stereocenters. The maximum Gasteiger partial charge on any atom is 0.129 e. The number of hydrogen-bond donors (Lipinski definition) is 3. The van der Waals surface area contributed by atoms with E-state index in [1.165, 1.54) is 19.1 Å². The highest BCUT2D eigenvalue weighted by molar-refractivity contribution is 6.29. The summed E-state index contributed by atoms with van der Waals surface area (Å²) < 4.78 is 0. The van der Waals surface area contributed by atoms with Crippen LogP contribution in [0.3, 0.4) is 0 Å². The van der Waals surface area contributed by atoms with E-state index in [0.29, 0.717) is 11.1 Å². The number of allylic oxidation sites excluding steroid dienone is 1. The summed E-state index contributed by atoms with van der Waals surface area (Å²) in [5, 5.41) is 14.8. The maximum atomic E-state index is 7.65. The van der Waals surface area contributed by atoms with E-state index in [2.05, 4.69) is 20.6 Å². The Kier molecular flexibility index (Phi) is 5.20. The predicted molar refractivity (Wildman–Crippen MR) is 94.9 cm³/mol. The summed E-state index contributed by atoms with van der Waals surface area (Å²) in [6.07, 6.45) is 7.38. The molecule has 1 saturated heterocycles. The fraction of sp³-hybridized carbons (Fsp3) is 0.353. The molecule has 0 radical (unpaired) electrons. The van der Waals surface area contributed by atoms with Gasteiger partial charge in [-0.25, -0.2) is 4.98 Å². The first-order valence-electron chi connectivity index (χ1n) is 7.83. The summed E-state index contributed by atoms with van der Waals surface area (Å²) in [6, 6.07) is 5.49. The quantitative estimate of drug-likeness (QED) is 0.582. The fourth-order valence-corrected chi connectivity index (χ4v) is 2.92. The highest BCUT2D eigenvalue weighted by Crippen LogP contribution is 2.18. The lowest BCUT2D eigenvalue weighted by Gasteiger charge is -2.22. The van der Waals surface area contributed by atoms with Gasteiger partial charge in [-0.2, -0.15) is 0 Å². The minimum absolute atomic E-state index is 0.445. The van der Waals surface area contributed by atoms with Crippen molar-refractivity contribution in [2.45, 2.75) is 12.8 Å². The number of halogens is 1. The second-order valence-electron chi connectivity index (χ2n) is 5.74. The van der Waals surface area contributed by atoms with Gasteiger partial charge in [0.2, 0.25) is 0 Å². The number of fused-ring (bicyclic) bond motifs is 1. The summed E-state index contributed by atoms with van der Waals surface area (Å²) in [6.45, 7) is 3.12.